The van der Waals surface area contributed by atoms with Gasteiger partial charge in [0.2, 0.25) is 0 Å². The van der Waals surface area contributed by atoms with Crippen LogP contribution in [0.1, 0.15) is 5.01 Å². The van der Waals surface area contributed by atoms with Crippen LogP contribution in [-0.4, -0.2) is 14.5 Å². The minimum Gasteiger partial charge on any atom is -0.299 e. The average Bonchev–Trinajstić information content (AvgIpc) is 2.90. The van der Waals surface area contributed by atoms with Gasteiger partial charge in [-0.2, -0.15) is 5.26 Å². The number of rotatable bonds is 2. The van der Waals surface area contributed by atoms with Crippen LogP contribution in [0, 0.1) is 16.1 Å². The van der Waals surface area contributed by atoms with E-state index in [-0.39, 0.29) is 10.3 Å². The summed E-state index contributed by atoms with van der Waals surface area (Å²) in [5.74, 6) is 0. The van der Waals surface area contributed by atoms with E-state index >= 15 is 0 Å². The third-order valence-corrected chi connectivity index (χ3v) is 4.15. The molecule has 7 heteroatoms. The number of fused-ring (bicyclic) bond motifs is 1. The van der Waals surface area contributed by atoms with Gasteiger partial charge in [0, 0.05) is 18.5 Å². The van der Waals surface area contributed by atoms with Crippen LogP contribution in [0.2, 0.25) is 0 Å². The molecule has 0 fully saturated rings. The first-order chi connectivity index (χ1) is 10.2. The molecule has 102 valence electrons. The number of H-pyrrole nitrogens is 1. The van der Waals surface area contributed by atoms with Crippen LogP contribution in [0.5, 0.6) is 0 Å². The Kier molecular flexibility index (Phi) is 3.48. The Labute approximate surface area is 128 Å². The lowest BCUT2D eigenvalue weighted by atomic mass is 10.3. The Bertz CT molecular complexity index is 971. The molecule has 0 unspecified atom stereocenters. The van der Waals surface area contributed by atoms with E-state index in [0.717, 1.165) is 10.2 Å². The van der Waals surface area contributed by atoms with E-state index in [9.17, 15) is 10.1 Å². The van der Waals surface area contributed by atoms with Gasteiger partial charge in [0.15, 0.2) is 4.77 Å². The maximum absolute atomic E-state index is 11.2. The summed E-state index contributed by atoms with van der Waals surface area (Å²) in [7, 11) is 0. The Hall–Kier alpha value is -2.56. The summed E-state index contributed by atoms with van der Waals surface area (Å²) in [6.45, 7) is 0. The zero-order valence-corrected chi connectivity index (χ0v) is 12.2. The van der Waals surface area contributed by atoms with E-state index in [4.69, 9.17) is 12.2 Å². The highest BCUT2D eigenvalue weighted by molar-refractivity contribution is 7.71. The standard InChI is InChI=1S/C14H8N4OS2/c15-7-9(8-18-6-5-12(19)17-14(18)20)13-16-10-3-1-2-4-11(10)21-13/h1-6,8H,(H,17,19,20)/b9-8-. The number of thiazole rings is 1. The molecule has 0 spiro atoms. The minimum absolute atomic E-state index is 0.233. The first-order valence-corrected chi connectivity index (χ1v) is 7.19. The van der Waals surface area contributed by atoms with Gasteiger partial charge in [-0.25, -0.2) is 4.98 Å². The fraction of sp³-hybridized carbons (Fsp3) is 0. The van der Waals surface area contributed by atoms with Crippen LogP contribution < -0.4 is 5.56 Å². The molecule has 2 heterocycles. The number of hydrogen-bond donors (Lipinski definition) is 1. The Balaban J connectivity index is 2.13. The Morgan fingerprint density at radius 3 is 2.95 bits per heavy atom. The number of benzene rings is 1. The molecule has 0 amide bonds. The van der Waals surface area contributed by atoms with Gasteiger partial charge in [0.05, 0.1) is 10.2 Å². The van der Waals surface area contributed by atoms with Crippen molar-refractivity contribution in [3.8, 4) is 6.07 Å². The molecule has 1 aromatic carbocycles. The molecular formula is C14H8N4OS2. The number of allylic oxidation sites excluding steroid dienone is 1. The van der Waals surface area contributed by atoms with E-state index < -0.39 is 0 Å². The zero-order valence-electron chi connectivity index (χ0n) is 10.6. The number of hydrogen-bond acceptors (Lipinski definition) is 5. The summed E-state index contributed by atoms with van der Waals surface area (Å²) in [4.78, 5) is 18.1. The number of para-hydroxylation sites is 1. The number of aromatic nitrogens is 3. The summed E-state index contributed by atoms with van der Waals surface area (Å²) >= 11 is 6.49. The largest absolute Gasteiger partial charge is 0.299 e. The molecule has 0 saturated carbocycles. The molecule has 0 aliphatic carbocycles. The van der Waals surface area contributed by atoms with Crippen LogP contribution in [0.25, 0.3) is 22.0 Å². The van der Waals surface area contributed by atoms with Crippen molar-refractivity contribution < 1.29 is 0 Å². The van der Waals surface area contributed by atoms with Crippen molar-refractivity contribution in [3.05, 3.63) is 56.7 Å². The van der Waals surface area contributed by atoms with Gasteiger partial charge in [0.1, 0.15) is 16.6 Å². The summed E-state index contributed by atoms with van der Waals surface area (Å²) in [5, 5.41) is 9.96. The fourth-order valence-electron chi connectivity index (χ4n) is 1.79. The minimum atomic E-state index is -0.275. The topological polar surface area (TPSA) is 74.5 Å². The lowest BCUT2D eigenvalue weighted by Gasteiger charge is -1.99. The number of nitrogens with one attached hydrogen (secondary N) is 1. The van der Waals surface area contributed by atoms with Crippen molar-refractivity contribution in [3.63, 3.8) is 0 Å². The molecule has 0 saturated heterocycles. The van der Waals surface area contributed by atoms with Crippen molar-refractivity contribution in [2.45, 2.75) is 0 Å². The van der Waals surface area contributed by atoms with Gasteiger partial charge in [0.25, 0.3) is 5.56 Å². The molecule has 0 atom stereocenters. The molecule has 0 radical (unpaired) electrons. The van der Waals surface area contributed by atoms with Crippen molar-refractivity contribution in [2.75, 3.05) is 0 Å². The third kappa shape index (κ3) is 2.67. The molecule has 5 nitrogen and oxygen atoms in total. The molecule has 0 aliphatic heterocycles. The van der Waals surface area contributed by atoms with Gasteiger partial charge in [-0.05, 0) is 24.4 Å². The van der Waals surface area contributed by atoms with E-state index in [2.05, 4.69) is 16.0 Å². The van der Waals surface area contributed by atoms with Crippen LogP contribution in [0.4, 0.5) is 0 Å². The maximum Gasteiger partial charge on any atom is 0.251 e. The summed E-state index contributed by atoms with van der Waals surface area (Å²) < 4.78 is 2.76. The third-order valence-electron chi connectivity index (χ3n) is 2.76. The Morgan fingerprint density at radius 2 is 2.24 bits per heavy atom. The average molecular weight is 312 g/mol. The van der Waals surface area contributed by atoms with Crippen LogP contribution in [0.3, 0.4) is 0 Å². The van der Waals surface area contributed by atoms with Crippen molar-refractivity contribution in [1.29, 1.82) is 5.26 Å². The second kappa shape index (κ2) is 5.44. The first kappa shape index (κ1) is 13.4. The Morgan fingerprint density at radius 1 is 1.43 bits per heavy atom. The molecule has 1 N–H and O–H groups in total. The second-order valence-electron chi connectivity index (χ2n) is 4.16. The molecule has 21 heavy (non-hydrogen) atoms. The first-order valence-electron chi connectivity index (χ1n) is 5.97. The lowest BCUT2D eigenvalue weighted by molar-refractivity contribution is 0.985. The van der Waals surface area contributed by atoms with Gasteiger partial charge in [-0.3, -0.25) is 14.3 Å². The van der Waals surface area contributed by atoms with Crippen molar-refractivity contribution in [2.24, 2.45) is 0 Å². The van der Waals surface area contributed by atoms with Gasteiger partial charge < -0.3 is 0 Å². The lowest BCUT2D eigenvalue weighted by Crippen LogP contribution is -2.08. The number of aromatic amines is 1. The second-order valence-corrected chi connectivity index (χ2v) is 5.58. The van der Waals surface area contributed by atoms with Crippen LogP contribution >= 0.6 is 23.6 Å². The monoisotopic (exact) mass is 312 g/mol. The van der Waals surface area contributed by atoms with Crippen LogP contribution in [-0.2, 0) is 0 Å². The fourth-order valence-corrected chi connectivity index (χ4v) is 2.93. The molecule has 0 bridgehead atoms. The van der Waals surface area contributed by atoms with Crippen molar-refractivity contribution in [1.82, 2.24) is 14.5 Å². The summed E-state index contributed by atoms with van der Waals surface area (Å²) in [5.41, 5.74) is 0.964. The van der Waals surface area contributed by atoms with E-state index in [1.165, 1.54) is 28.2 Å². The zero-order chi connectivity index (χ0) is 14.8. The molecular weight excluding hydrogens is 304 g/mol. The maximum atomic E-state index is 11.2. The molecule has 3 rings (SSSR count). The molecule has 0 aliphatic rings. The highest BCUT2D eigenvalue weighted by atomic mass is 32.1. The summed E-state index contributed by atoms with van der Waals surface area (Å²) in [6.07, 6.45) is 3.09. The van der Waals surface area contributed by atoms with Crippen molar-refractivity contribution >= 4 is 45.5 Å². The molecule has 2 aromatic heterocycles. The number of nitrogens with zero attached hydrogens (tertiary/aromatic N) is 3. The van der Waals surface area contributed by atoms with Gasteiger partial charge >= 0.3 is 0 Å². The quantitative estimate of drug-likeness (QED) is 0.583. The predicted molar refractivity (Wildman–Crippen MR) is 85.3 cm³/mol. The van der Waals surface area contributed by atoms with Gasteiger partial charge in [-0.15, -0.1) is 11.3 Å². The SMILES string of the molecule is N#C/C(=C/n1ccc(=O)[nH]c1=S)c1nc2ccccc2s1. The highest BCUT2D eigenvalue weighted by Crippen LogP contribution is 2.26. The van der Waals surface area contributed by atoms with E-state index in [0.29, 0.717) is 10.6 Å². The van der Waals surface area contributed by atoms with E-state index in [1.807, 2.05) is 24.3 Å². The molecule has 3 aromatic rings. The number of nitriles is 1. The smallest absolute Gasteiger partial charge is 0.251 e. The highest BCUT2D eigenvalue weighted by Gasteiger charge is 2.08. The van der Waals surface area contributed by atoms with Crippen LogP contribution in [0.15, 0.2) is 41.3 Å². The van der Waals surface area contributed by atoms with E-state index in [1.54, 1.807) is 6.20 Å². The summed E-state index contributed by atoms with van der Waals surface area (Å²) in [6, 6.07) is 11.2. The predicted octanol–water partition coefficient (Wildman–Crippen LogP) is 3.04. The van der Waals surface area contributed by atoms with Gasteiger partial charge in [-0.1, -0.05) is 12.1 Å². The normalized spacial score (nSPS) is 11.5.